The molecular weight excluding hydrogens is 254 g/mol. The van der Waals surface area contributed by atoms with Gasteiger partial charge in [0.15, 0.2) is 0 Å². The zero-order valence-corrected chi connectivity index (χ0v) is 12.0. The number of benzene rings is 1. The number of rotatable bonds is 5. The molecule has 1 aromatic rings. The number of cyclic esters (lactones) is 1. The van der Waals surface area contributed by atoms with E-state index in [-0.39, 0.29) is 17.9 Å². The summed E-state index contributed by atoms with van der Waals surface area (Å²) in [6, 6.07) is 9.68. The summed E-state index contributed by atoms with van der Waals surface area (Å²) in [5, 5.41) is 0. The van der Waals surface area contributed by atoms with Crippen molar-refractivity contribution in [2.45, 2.75) is 39.2 Å². The molecule has 1 aromatic carbocycles. The summed E-state index contributed by atoms with van der Waals surface area (Å²) in [7, 11) is 0. The van der Waals surface area contributed by atoms with Gasteiger partial charge in [-0.25, -0.2) is 9.69 Å². The Morgan fingerprint density at radius 3 is 2.75 bits per heavy atom. The standard InChI is InChI=1S/C16H21NO3/c1-3-12(2)9-15(18)17-14(11-20-16(17)19)10-13-7-5-4-6-8-13/h4-8,12,14H,3,9-11H2,1-2H3/t12-,14+/m1/s1. The fraction of sp³-hybridized carbons (Fsp3) is 0.500. The maximum Gasteiger partial charge on any atom is 0.416 e. The Bertz CT molecular complexity index is 472. The van der Waals surface area contributed by atoms with Crippen LogP contribution >= 0.6 is 0 Å². The van der Waals surface area contributed by atoms with E-state index >= 15 is 0 Å². The molecule has 4 heteroatoms. The normalized spacial score (nSPS) is 19.8. The molecule has 1 heterocycles. The minimum absolute atomic E-state index is 0.122. The van der Waals surface area contributed by atoms with Gasteiger partial charge >= 0.3 is 6.09 Å². The quantitative estimate of drug-likeness (QED) is 0.830. The monoisotopic (exact) mass is 275 g/mol. The largest absolute Gasteiger partial charge is 0.447 e. The molecule has 2 rings (SSSR count). The number of hydrogen-bond acceptors (Lipinski definition) is 3. The average Bonchev–Trinajstić information content (AvgIpc) is 2.80. The summed E-state index contributed by atoms with van der Waals surface area (Å²) in [5.41, 5.74) is 1.11. The highest BCUT2D eigenvalue weighted by Gasteiger charge is 2.37. The average molecular weight is 275 g/mol. The van der Waals surface area contributed by atoms with E-state index in [0.717, 1.165) is 12.0 Å². The van der Waals surface area contributed by atoms with Gasteiger partial charge in [0.1, 0.15) is 6.61 Å². The van der Waals surface area contributed by atoms with Gasteiger partial charge in [-0.1, -0.05) is 50.6 Å². The van der Waals surface area contributed by atoms with E-state index in [4.69, 9.17) is 4.74 Å². The van der Waals surface area contributed by atoms with Crippen LogP contribution in [0.2, 0.25) is 0 Å². The Morgan fingerprint density at radius 2 is 2.10 bits per heavy atom. The molecule has 2 amide bonds. The number of amides is 2. The van der Waals surface area contributed by atoms with Crippen molar-refractivity contribution in [2.24, 2.45) is 5.92 Å². The first-order valence-corrected chi connectivity index (χ1v) is 7.14. The van der Waals surface area contributed by atoms with Crippen molar-refractivity contribution in [2.75, 3.05) is 6.61 Å². The van der Waals surface area contributed by atoms with E-state index in [0.29, 0.717) is 19.4 Å². The lowest BCUT2D eigenvalue weighted by atomic mass is 10.0. The van der Waals surface area contributed by atoms with Crippen molar-refractivity contribution < 1.29 is 14.3 Å². The molecule has 2 atom stereocenters. The van der Waals surface area contributed by atoms with E-state index in [2.05, 4.69) is 0 Å². The van der Waals surface area contributed by atoms with Gasteiger partial charge in [0.25, 0.3) is 0 Å². The molecule has 0 aromatic heterocycles. The molecule has 0 N–H and O–H groups in total. The Kier molecular flexibility index (Phi) is 4.77. The first kappa shape index (κ1) is 14.6. The molecule has 20 heavy (non-hydrogen) atoms. The lowest BCUT2D eigenvalue weighted by molar-refractivity contribution is -0.130. The molecule has 1 aliphatic heterocycles. The maximum atomic E-state index is 12.3. The summed E-state index contributed by atoms with van der Waals surface area (Å²) in [6.45, 7) is 4.35. The van der Waals surface area contributed by atoms with Gasteiger partial charge in [0.05, 0.1) is 6.04 Å². The van der Waals surface area contributed by atoms with Crippen LogP contribution in [0.1, 0.15) is 32.3 Å². The second kappa shape index (κ2) is 6.55. The van der Waals surface area contributed by atoms with Gasteiger partial charge < -0.3 is 4.74 Å². The highest BCUT2D eigenvalue weighted by Crippen LogP contribution is 2.20. The van der Waals surface area contributed by atoms with Crippen LogP contribution < -0.4 is 0 Å². The zero-order chi connectivity index (χ0) is 14.5. The number of carbonyl (C=O) groups excluding carboxylic acids is 2. The highest BCUT2D eigenvalue weighted by atomic mass is 16.6. The smallest absolute Gasteiger partial charge is 0.416 e. The summed E-state index contributed by atoms with van der Waals surface area (Å²) in [4.78, 5) is 25.3. The van der Waals surface area contributed by atoms with E-state index in [1.165, 1.54) is 4.90 Å². The predicted molar refractivity (Wildman–Crippen MR) is 76.2 cm³/mol. The molecule has 108 valence electrons. The molecule has 0 unspecified atom stereocenters. The second-order valence-corrected chi connectivity index (χ2v) is 5.40. The van der Waals surface area contributed by atoms with Crippen molar-refractivity contribution in [1.29, 1.82) is 0 Å². The first-order chi connectivity index (χ1) is 9.61. The van der Waals surface area contributed by atoms with Gasteiger partial charge in [-0.15, -0.1) is 0 Å². The summed E-state index contributed by atoms with van der Waals surface area (Å²) >= 11 is 0. The third kappa shape index (κ3) is 3.38. The van der Waals surface area contributed by atoms with Crippen molar-refractivity contribution in [3.05, 3.63) is 35.9 Å². The van der Waals surface area contributed by atoms with Crippen molar-refractivity contribution in [1.82, 2.24) is 4.90 Å². The lowest BCUT2D eigenvalue weighted by Gasteiger charge is -2.21. The fourth-order valence-corrected chi connectivity index (χ4v) is 2.34. The fourth-order valence-electron chi connectivity index (χ4n) is 2.34. The van der Waals surface area contributed by atoms with Gasteiger partial charge in [0, 0.05) is 6.42 Å². The second-order valence-electron chi connectivity index (χ2n) is 5.40. The number of ether oxygens (including phenoxy) is 1. The van der Waals surface area contributed by atoms with E-state index < -0.39 is 6.09 Å². The highest BCUT2D eigenvalue weighted by molar-refractivity contribution is 5.93. The van der Waals surface area contributed by atoms with Crippen LogP contribution in [-0.4, -0.2) is 29.5 Å². The van der Waals surface area contributed by atoms with Crippen LogP contribution in [0.4, 0.5) is 4.79 Å². The number of imide groups is 1. The van der Waals surface area contributed by atoms with Gasteiger partial charge in [-0.05, 0) is 17.9 Å². The number of carbonyl (C=O) groups is 2. The molecule has 1 fully saturated rings. The van der Waals surface area contributed by atoms with Crippen molar-refractivity contribution >= 4 is 12.0 Å². The molecule has 1 saturated heterocycles. The number of hydrogen-bond donors (Lipinski definition) is 0. The topological polar surface area (TPSA) is 46.6 Å². The van der Waals surface area contributed by atoms with E-state index in [9.17, 15) is 9.59 Å². The summed E-state index contributed by atoms with van der Waals surface area (Å²) < 4.78 is 5.05. The Labute approximate surface area is 119 Å². The van der Waals surface area contributed by atoms with Crippen LogP contribution in [-0.2, 0) is 16.0 Å². The Balaban J connectivity index is 2.05. The predicted octanol–water partition coefficient (Wildman–Crippen LogP) is 3.01. The molecule has 4 nitrogen and oxygen atoms in total. The first-order valence-electron chi connectivity index (χ1n) is 7.14. The molecule has 1 aliphatic rings. The molecule has 0 saturated carbocycles. The molecule has 0 radical (unpaired) electrons. The summed E-state index contributed by atoms with van der Waals surface area (Å²) in [5.74, 6) is 0.163. The van der Waals surface area contributed by atoms with Crippen LogP contribution in [0.15, 0.2) is 30.3 Å². The summed E-state index contributed by atoms with van der Waals surface area (Å²) in [6.07, 6.45) is 1.48. The SMILES string of the molecule is CC[C@@H](C)CC(=O)N1C(=O)OC[C@@H]1Cc1ccccc1. The third-order valence-corrected chi connectivity index (χ3v) is 3.76. The van der Waals surface area contributed by atoms with Crippen LogP contribution in [0.5, 0.6) is 0 Å². The molecular formula is C16H21NO3. The van der Waals surface area contributed by atoms with Gasteiger partial charge in [0.2, 0.25) is 5.91 Å². The van der Waals surface area contributed by atoms with Crippen molar-refractivity contribution in [3.8, 4) is 0 Å². The molecule has 0 bridgehead atoms. The van der Waals surface area contributed by atoms with E-state index in [1.807, 2.05) is 44.2 Å². The minimum atomic E-state index is -0.501. The maximum absolute atomic E-state index is 12.3. The van der Waals surface area contributed by atoms with Gasteiger partial charge in [-0.2, -0.15) is 0 Å². The number of nitrogens with zero attached hydrogens (tertiary/aromatic N) is 1. The minimum Gasteiger partial charge on any atom is -0.447 e. The third-order valence-electron chi connectivity index (χ3n) is 3.76. The lowest BCUT2D eigenvalue weighted by Crippen LogP contribution is -2.40. The van der Waals surface area contributed by atoms with E-state index in [1.54, 1.807) is 0 Å². The Hall–Kier alpha value is -1.84. The zero-order valence-electron chi connectivity index (χ0n) is 12.0. The Morgan fingerprint density at radius 1 is 1.40 bits per heavy atom. The molecule has 0 aliphatic carbocycles. The van der Waals surface area contributed by atoms with Crippen LogP contribution in [0, 0.1) is 5.92 Å². The van der Waals surface area contributed by atoms with Gasteiger partial charge in [-0.3, -0.25) is 4.79 Å². The molecule has 0 spiro atoms. The van der Waals surface area contributed by atoms with Crippen LogP contribution in [0.3, 0.4) is 0 Å². The van der Waals surface area contributed by atoms with Crippen molar-refractivity contribution in [3.63, 3.8) is 0 Å². The van der Waals surface area contributed by atoms with Crippen LogP contribution in [0.25, 0.3) is 0 Å².